The number of nitrogens with zero attached hydrogens (tertiary/aromatic N) is 5. The standard InChI is InChI=1S/C74H57N5O/c1-73(2,3)48-39-40-75-69(43-48)79-65-35-17-14-29-58(65)59-38-37-52(45-67(59)79)80-51-24-18-23-50(44-51)76-46-77-71-61(32-20-36-66(71)78-63-33-15-12-27-56(63)57-28-13-16-34-64(57)78)70-53(47-21-8-7-9-22-47)30-19-31-60(70)54-25-10-11-26-55(54)62-41-49(74(4,5)6)42-68(76)72(62)77/h7-45H,1-6H3/i7D,8D,9D,21D,22D. The molecule has 0 unspecified atom stereocenters. The van der Waals surface area contributed by atoms with E-state index < -0.39 is 18.1 Å². The monoisotopic (exact) mass is 1040 g/mol. The molecule has 0 saturated heterocycles. The molecule has 6 nitrogen and oxygen atoms in total. The van der Waals surface area contributed by atoms with Crippen LogP contribution in [0.25, 0.3) is 122 Å². The fourth-order valence-corrected chi connectivity index (χ4v) is 12.3. The van der Waals surface area contributed by atoms with E-state index >= 15 is 0 Å². The van der Waals surface area contributed by atoms with Crippen molar-refractivity contribution in [3.8, 4) is 78.9 Å². The molecule has 1 aliphatic heterocycles. The number of fused-ring (bicyclic) bond motifs is 13. The van der Waals surface area contributed by atoms with Crippen LogP contribution >= 0.6 is 0 Å². The van der Waals surface area contributed by atoms with Gasteiger partial charge in [0.05, 0.1) is 57.0 Å². The minimum Gasteiger partial charge on any atom is -0.458 e. The van der Waals surface area contributed by atoms with Crippen molar-refractivity contribution in [1.29, 1.82) is 0 Å². The van der Waals surface area contributed by atoms with Crippen LogP contribution in [0.4, 0.5) is 0 Å². The van der Waals surface area contributed by atoms with Crippen molar-refractivity contribution in [1.82, 2.24) is 18.7 Å². The van der Waals surface area contributed by atoms with E-state index in [0.29, 0.717) is 17.1 Å². The molecule has 80 heavy (non-hydrogen) atoms. The zero-order valence-electron chi connectivity index (χ0n) is 50.3. The normalized spacial score (nSPS) is 13.2. The highest BCUT2D eigenvalue weighted by Gasteiger charge is 2.31. The van der Waals surface area contributed by atoms with Crippen molar-refractivity contribution in [2.24, 2.45) is 0 Å². The zero-order chi connectivity index (χ0) is 58.4. The highest BCUT2D eigenvalue weighted by Crippen LogP contribution is 2.49. The predicted octanol–water partition coefficient (Wildman–Crippen LogP) is 18.7. The molecule has 0 spiro atoms. The van der Waals surface area contributed by atoms with Crippen molar-refractivity contribution in [3.05, 3.63) is 254 Å². The Balaban J connectivity index is 1.02. The van der Waals surface area contributed by atoms with Crippen LogP contribution in [0.2, 0.25) is 0 Å². The number of hydrogen-bond acceptors (Lipinski definition) is 2. The summed E-state index contributed by atoms with van der Waals surface area (Å²) in [6.07, 6.45) is 5.91. The maximum atomic E-state index is 9.49. The highest BCUT2D eigenvalue weighted by molar-refractivity contribution is 6.11. The van der Waals surface area contributed by atoms with Crippen LogP contribution in [0.15, 0.2) is 237 Å². The Hall–Kier alpha value is -9.78. The summed E-state index contributed by atoms with van der Waals surface area (Å²) in [5, 5.41) is 4.43. The van der Waals surface area contributed by atoms with Gasteiger partial charge >= 0.3 is 0 Å². The molecular weight excluding hydrogens is 975 g/mol. The number of imidazole rings is 1. The van der Waals surface area contributed by atoms with E-state index in [9.17, 15) is 2.74 Å². The van der Waals surface area contributed by atoms with Crippen LogP contribution in [0, 0.1) is 6.33 Å². The van der Waals surface area contributed by atoms with E-state index in [-0.39, 0.29) is 28.5 Å². The topological polar surface area (TPSA) is 40.8 Å². The molecule has 0 saturated carbocycles. The Morgan fingerprint density at radius 2 is 1.05 bits per heavy atom. The lowest BCUT2D eigenvalue weighted by Crippen LogP contribution is -2.33. The van der Waals surface area contributed by atoms with Crippen LogP contribution < -0.4 is 9.30 Å². The molecule has 1 aliphatic rings. The first kappa shape index (κ1) is 42.3. The van der Waals surface area contributed by atoms with E-state index in [2.05, 4.69) is 230 Å². The fourth-order valence-electron chi connectivity index (χ4n) is 12.3. The van der Waals surface area contributed by atoms with Crippen LogP contribution in [0.5, 0.6) is 11.5 Å². The second-order valence-electron chi connectivity index (χ2n) is 23.0. The van der Waals surface area contributed by atoms with E-state index in [0.717, 1.165) is 116 Å². The van der Waals surface area contributed by atoms with Crippen LogP contribution in [-0.4, -0.2) is 18.7 Å². The maximum Gasteiger partial charge on any atom is 0.269 e. The molecule has 14 aromatic rings. The fraction of sp³-hybridized carbons (Fsp3) is 0.108. The van der Waals surface area contributed by atoms with Gasteiger partial charge in [-0.05, 0) is 139 Å². The van der Waals surface area contributed by atoms with Gasteiger partial charge < -0.3 is 9.30 Å². The Morgan fingerprint density at radius 1 is 0.463 bits per heavy atom. The summed E-state index contributed by atoms with van der Waals surface area (Å²) >= 11 is 0. The number of pyridine rings is 1. The van der Waals surface area contributed by atoms with Gasteiger partial charge in [0.15, 0.2) is 0 Å². The second-order valence-corrected chi connectivity index (χ2v) is 23.0. The Morgan fingerprint density at radius 3 is 1.76 bits per heavy atom. The Kier molecular flexibility index (Phi) is 9.45. The smallest absolute Gasteiger partial charge is 0.269 e. The van der Waals surface area contributed by atoms with Crippen molar-refractivity contribution in [3.63, 3.8) is 0 Å². The van der Waals surface area contributed by atoms with Crippen LogP contribution in [0.1, 0.15) is 59.5 Å². The van der Waals surface area contributed by atoms with Gasteiger partial charge in [-0.2, -0.15) is 0 Å². The lowest BCUT2D eigenvalue weighted by Gasteiger charge is -2.23. The van der Waals surface area contributed by atoms with E-state index in [1.54, 1.807) is 0 Å². The van der Waals surface area contributed by atoms with Crippen molar-refractivity contribution in [2.45, 2.75) is 52.4 Å². The van der Waals surface area contributed by atoms with Gasteiger partial charge in [-0.15, -0.1) is 0 Å². The number of benzene rings is 10. The molecule has 0 bridgehead atoms. The summed E-state index contributed by atoms with van der Waals surface area (Å²) in [6, 6.07) is 67.7. The highest BCUT2D eigenvalue weighted by atomic mass is 16.5. The van der Waals surface area contributed by atoms with E-state index in [4.69, 9.17) is 13.8 Å². The first-order valence-electron chi connectivity index (χ1n) is 29.8. The molecule has 10 aromatic carbocycles. The average molecular weight is 1040 g/mol. The SMILES string of the molecule is [2H]c1c([2H])c([2H])c(-c2cccc3c2-c2cccc(-n4c5ccccc5c5ccccc54)c2-[n+]2[c-]n(-c4cccc(Oc5ccc6c7ccccc7n(-c7cc(C(C)(C)C)ccn7)c6c5)c4)c4cc(C(C)(C)C)cc(c42)-c2ccccc2-3)c([2H])c1[2H]. The molecule has 4 aromatic heterocycles. The third-order valence-electron chi connectivity index (χ3n) is 16.1. The van der Waals surface area contributed by atoms with Gasteiger partial charge in [-0.25, -0.2) is 4.98 Å². The maximum absolute atomic E-state index is 9.49. The third-order valence-corrected chi connectivity index (χ3v) is 16.1. The van der Waals surface area contributed by atoms with Gasteiger partial charge in [0.2, 0.25) is 0 Å². The quantitative estimate of drug-likeness (QED) is 0.123. The number of hydrogen-bond donors (Lipinski definition) is 0. The molecule has 15 rings (SSSR count). The minimum absolute atomic E-state index is 0.0717. The lowest BCUT2D eigenvalue weighted by atomic mass is 9.82. The second kappa shape index (κ2) is 17.9. The summed E-state index contributed by atoms with van der Waals surface area (Å²) in [7, 11) is 0. The molecular formula is C74H57N5O. The van der Waals surface area contributed by atoms with Gasteiger partial charge in [-0.1, -0.05) is 193 Å². The first-order valence-corrected chi connectivity index (χ1v) is 27.3. The summed E-state index contributed by atoms with van der Waals surface area (Å²) in [4.78, 5) is 4.93. The predicted molar refractivity (Wildman–Crippen MR) is 329 cm³/mol. The molecule has 0 atom stereocenters. The largest absolute Gasteiger partial charge is 0.458 e. The molecule has 0 aliphatic carbocycles. The Labute approximate surface area is 472 Å². The van der Waals surface area contributed by atoms with Gasteiger partial charge in [0.25, 0.3) is 6.33 Å². The molecule has 0 radical (unpaired) electrons. The summed E-state index contributed by atoms with van der Waals surface area (Å²) < 4.78 is 61.5. The molecule has 0 N–H and O–H groups in total. The number of para-hydroxylation sites is 4. The number of aromatic nitrogens is 5. The van der Waals surface area contributed by atoms with Gasteiger partial charge in [0, 0.05) is 33.8 Å². The molecule has 0 amide bonds. The number of rotatable bonds is 6. The van der Waals surface area contributed by atoms with Crippen molar-refractivity contribution < 1.29 is 16.2 Å². The van der Waals surface area contributed by atoms with E-state index in [1.165, 1.54) is 5.56 Å². The molecule has 6 heteroatoms. The van der Waals surface area contributed by atoms with Crippen molar-refractivity contribution in [2.75, 3.05) is 0 Å². The molecule has 0 fully saturated rings. The Bertz CT molecular complexity index is 5070. The average Bonchev–Trinajstić information content (AvgIpc) is 1.75. The van der Waals surface area contributed by atoms with Gasteiger partial charge in [-0.3, -0.25) is 13.7 Å². The number of ether oxygens (including phenoxy) is 1. The van der Waals surface area contributed by atoms with Crippen LogP contribution in [0.3, 0.4) is 0 Å². The summed E-state index contributed by atoms with van der Waals surface area (Å²) in [5.41, 5.74) is 16.2. The van der Waals surface area contributed by atoms with Gasteiger partial charge in [0.1, 0.15) is 17.3 Å². The van der Waals surface area contributed by atoms with Crippen LogP contribution in [-0.2, 0) is 10.8 Å². The summed E-state index contributed by atoms with van der Waals surface area (Å²) in [6.45, 7) is 13.4. The summed E-state index contributed by atoms with van der Waals surface area (Å²) in [5.74, 6) is 2.15. The minimum atomic E-state index is -0.442. The third kappa shape index (κ3) is 7.46. The van der Waals surface area contributed by atoms with E-state index in [1.807, 2.05) is 42.6 Å². The van der Waals surface area contributed by atoms with Crippen molar-refractivity contribution >= 4 is 54.6 Å². The molecule has 384 valence electrons. The molecule has 5 heterocycles. The zero-order valence-corrected chi connectivity index (χ0v) is 45.3. The first-order chi connectivity index (χ1) is 41.0. The lowest BCUT2D eigenvalue weighted by molar-refractivity contribution is -0.571.